The highest BCUT2D eigenvalue weighted by Gasteiger charge is 2.19. The Morgan fingerprint density at radius 3 is 3.06 bits per heavy atom. The zero-order valence-electron chi connectivity index (χ0n) is 9.27. The Morgan fingerprint density at radius 1 is 1.41 bits per heavy atom. The van der Waals surface area contributed by atoms with Crippen LogP contribution in [0, 0.1) is 0 Å². The Bertz CT molecular complexity index is 547. The van der Waals surface area contributed by atoms with Crippen LogP contribution in [0.1, 0.15) is 25.5 Å². The Labute approximate surface area is 107 Å². The lowest BCUT2D eigenvalue weighted by molar-refractivity contribution is -0.0366. The predicted octanol–water partition coefficient (Wildman–Crippen LogP) is 3.20. The van der Waals surface area contributed by atoms with Gasteiger partial charge < -0.3 is 9.84 Å². The molecule has 3 rings (SSSR count). The third kappa shape index (κ3) is 1.93. The summed E-state index contributed by atoms with van der Waals surface area (Å²) < 4.78 is 8.26. The van der Waals surface area contributed by atoms with Crippen LogP contribution in [0.4, 0.5) is 0 Å². The van der Waals surface area contributed by atoms with Crippen LogP contribution in [0.15, 0.2) is 22.8 Å². The molecule has 0 bridgehead atoms. The van der Waals surface area contributed by atoms with Crippen molar-refractivity contribution < 1.29 is 9.84 Å². The van der Waals surface area contributed by atoms with Gasteiger partial charge in [0, 0.05) is 18.1 Å². The zero-order valence-corrected chi connectivity index (χ0v) is 10.9. The maximum Gasteiger partial charge on any atom is 0.150 e. The van der Waals surface area contributed by atoms with E-state index >= 15 is 0 Å². The van der Waals surface area contributed by atoms with Crippen molar-refractivity contribution in [2.45, 2.75) is 25.5 Å². The van der Waals surface area contributed by atoms with Crippen LogP contribution in [0.5, 0.6) is 5.75 Å². The van der Waals surface area contributed by atoms with Crippen molar-refractivity contribution in [3.63, 3.8) is 0 Å². The number of phenols is 1. The number of nitrogens with zero attached hydrogens (tertiary/aromatic N) is 2. The van der Waals surface area contributed by atoms with Gasteiger partial charge in [0.1, 0.15) is 5.75 Å². The minimum absolute atomic E-state index is 0.00169. The summed E-state index contributed by atoms with van der Waals surface area (Å²) in [7, 11) is 0. The molecule has 1 N–H and O–H groups in total. The van der Waals surface area contributed by atoms with Gasteiger partial charge in [0.15, 0.2) is 6.23 Å². The minimum Gasteiger partial charge on any atom is -0.507 e. The number of ether oxygens (including phenoxy) is 1. The topological polar surface area (TPSA) is 47.3 Å². The fraction of sp³-hybridized carbons (Fsp3) is 0.417. The molecule has 90 valence electrons. The second-order valence-electron chi connectivity index (χ2n) is 4.27. The van der Waals surface area contributed by atoms with Crippen LogP contribution < -0.4 is 0 Å². The number of hydrogen-bond donors (Lipinski definition) is 1. The molecule has 2 aromatic rings. The molecule has 0 amide bonds. The number of halogens is 1. The van der Waals surface area contributed by atoms with E-state index < -0.39 is 0 Å². The highest BCUT2D eigenvalue weighted by atomic mass is 79.9. The highest BCUT2D eigenvalue weighted by molar-refractivity contribution is 9.10. The van der Waals surface area contributed by atoms with E-state index in [0.29, 0.717) is 4.47 Å². The van der Waals surface area contributed by atoms with Crippen LogP contribution in [-0.4, -0.2) is 21.5 Å². The second-order valence-corrected chi connectivity index (χ2v) is 5.13. The van der Waals surface area contributed by atoms with Crippen molar-refractivity contribution in [1.29, 1.82) is 0 Å². The zero-order chi connectivity index (χ0) is 11.8. The molecule has 1 aromatic heterocycles. The van der Waals surface area contributed by atoms with Gasteiger partial charge in [-0.1, -0.05) is 0 Å². The third-order valence-electron chi connectivity index (χ3n) is 3.09. The van der Waals surface area contributed by atoms with E-state index in [2.05, 4.69) is 21.0 Å². The van der Waals surface area contributed by atoms with Crippen molar-refractivity contribution in [3.8, 4) is 5.75 Å². The van der Waals surface area contributed by atoms with E-state index in [1.165, 1.54) is 0 Å². The van der Waals surface area contributed by atoms with Crippen molar-refractivity contribution >= 4 is 26.8 Å². The molecule has 1 atom stereocenters. The maximum atomic E-state index is 9.73. The van der Waals surface area contributed by atoms with Crippen LogP contribution >= 0.6 is 15.9 Å². The summed E-state index contributed by atoms with van der Waals surface area (Å²) in [6.45, 7) is 0.786. The molecule has 1 unspecified atom stereocenters. The van der Waals surface area contributed by atoms with Gasteiger partial charge in [-0.3, -0.25) is 0 Å². The van der Waals surface area contributed by atoms with Crippen LogP contribution in [-0.2, 0) is 4.74 Å². The fourth-order valence-corrected chi connectivity index (χ4v) is 2.56. The molecule has 0 radical (unpaired) electrons. The number of fused-ring (bicyclic) bond motifs is 1. The first-order valence-corrected chi connectivity index (χ1v) is 6.52. The lowest BCUT2D eigenvalue weighted by Crippen LogP contribution is -2.18. The van der Waals surface area contributed by atoms with E-state index in [9.17, 15) is 5.11 Å². The molecule has 1 aromatic carbocycles. The van der Waals surface area contributed by atoms with E-state index in [1.807, 2.05) is 10.7 Å². The molecular formula is C12H13BrN2O2. The average Bonchev–Trinajstić information content (AvgIpc) is 2.74. The number of benzene rings is 1. The highest BCUT2D eigenvalue weighted by Crippen LogP contribution is 2.32. The molecule has 17 heavy (non-hydrogen) atoms. The first kappa shape index (κ1) is 11.0. The maximum absolute atomic E-state index is 9.73. The Kier molecular flexibility index (Phi) is 2.80. The van der Waals surface area contributed by atoms with Crippen molar-refractivity contribution in [2.24, 2.45) is 0 Å². The van der Waals surface area contributed by atoms with E-state index in [0.717, 1.165) is 36.8 Å². The molecule has 5 heteroatoms. The summed E-state index contributed by atoms with van der Waals surface area (Å²) in [4.78, 5) is 0. The van der Waals surface area contributed by atoms with E-state index in [-0.39, 0.29) is 12.0 Å². The van der Waals surface area contributed by atoms with Crippen molar-refractivity contribution in [3.05, 3.63) is 22.8 Å². The van der Waals surface area contributed by atoms with E-state index in [4.69, 9.17) is 4.74 Å². The summed E-state index contributed by atoms with van der Waals surface area (Å²) in [5, 5.41) is 15.1. The standard InChI is InChI=1S/C12H13BrN2O2/c13-9-5-8-7-14-15(10(8)6-11(9)16)12-3-1-2-4-17-12/h5-7,12,16H,1-4H2. The molecule has 0 saturated carbocycles. The number of aromatic nitrogens is 2. The lowest BCUT2D eigenvalue weighted by atomic mass is 10.2. The average molecular weight is 297 g/mol. The first-order chi connectivity index (χ1) is 8.25. The summed E-state index contributed by atoms with van der Waals surface area (Å²) in [5.41, 5.74) is 0.914. The Balaban J connectivity index is 2.07. The number of aromatic hydroxyl groups is 1. The molecular weight excluding hydrogens is 284 g/mol. The molecule has 4 nitrogen and oxygen atoms in total. The smallest absolute Gasteiger partial charge is 0.150 e. The van der Waals surface area contributed by atoms with Gasteiger partial charge in [0.25, 0.3) is 0 Å². The quantitative estimate of drug-likeness (QED) is 0.879. The largest absolute Gasteiger partial charge is 0.507 e. The van der Waals surface area contributed by atoms with Gasteiger partial charge in [0.05, 0.1) is 16.2 Å². The minimum atomic E-state index is 0.00169. The van der Waals surface area contributed by atoms with E-state index in [1.54, 1.807) is 12.3 Å². The molecule has 0 aliphatic carbocycles. The molecule has 0 spiro atoms. The predicted molar refractivity (Wildman–Crippen MR) is 67.9 cm³/mol. The molecule has 1 fully saturated rings. The lowest BCUT2D eigenvalue weighted by Gasteiger charge is -2.23. The van der Waals surface area contributed by atoms with Crippen LogP contribution in [0.3, 0.4) is 0 Å². The van der Waals surface area contributed by atoms with Gasteiger partial charge in [-0.25, -0.2) is 4.68 Å². The summed E-state index contributed by atoms with van der Waals surface area (Å²) >= 11 is 3.30. The molecule has 1 saturated heterocycles. The Hall–Kier alpha value is -1.07. The number of rotatable bonds is 1. The normalized spacial score (nSPS) is 20.9. The summed E-state index contributed by atoms with van der Waals surface area (Å²) in [6.07, 6.45) is 5.06. The SMILES string of the molecule is Oc1cc2c(cnn2C2CCCCO2)cc1Br. The number of phenolic OH excluding ortho intramolecular Hbond substituents is 1. The third-order valence-corrected chi connectivity index (χ3v) is 3.73. The first-order valence-electron chi connectivity index (χ1n) is 5.73. The molecule has 2 heterocycles. The second kappa shape index (κ2) is 4.31. The van der Waals surface area contributed by atoms with Crippen LogP contribution in [0.25, 0.3) is 10.9 Å². The summed E-state index contributed by atoms with van der Waals surface area (Å²) in [6, 6.07) is 3.60. The molecule has 1 aliphatic rings. The van der Waals surface area contributed by atoms with Crippen LogP contribution in [0.2, 0.25) is 0 Å². The summed E-state index contributed by atoms with van der Waals surface area (Å²) in [5.74, 6) is 0.232. The van der Waals surface area contributed by atoms with Gasteiger partial charge in [-0.15, -0.1) is 0 Å². The Morgan fingerprint density at radius 2 is 2.29 bits per heavy atom. The molecule has 1 aliphatic heterocycles. The van der Waals surface area contributed by atoms with Gasteiger partial charge >= 0.3 is 0 Å². The fourth-order valence-electron chi connectivity index (χ4n) is 2.20. The monoisotopic (exact) mass is 296 g/mol. The van der Waals surface area contributed by atoms with Gasteiger partial charge in [-0.2, -0.15) is 5.10 Å². The van der Waals surface area contributed by atoms with Crippen molar-refractivity contribution in [1.82, 2.24) is 9.78 Å². The van der Waals surface area contributed by atoms with Gasteiger partial charge in [-0.05, 0) is 41.3 Å². The number of hydrogen-bond acceptors (Lipinski definition) is 3. The van der Waals surface area contributed by atoms with Gasteiger partial charge in [0.2, 0.25) is 0 Å². The van der Waals surface area contributed by atoms with Crippen molar-refractivity contribution in [2.75, 3.05) is 6.61 Å².